The molecule has 19 heavy (non-hydrogen) atoms. The molecular formula is C15H21FN2O. The standard InChI is InChI=1S/C15H21FN2O/c1-18-6-4-13(5-7-18)17-10-14-9-11-8-12(16)2-3-15(11)19-14/h2-3,8,13-14,17H,4-7,9-10H2,1H3. The molecule has 0 amide bonds. The molecule has 1 aromatic rings. The molecule has 2 aliphatic rings. The third kappa shape index (κ3) is 3.07. The van der Waals surface area contributed by atoms with E-state index in [1.807, 2.05) is 0 Å². The first-order chi connectivity index (χ1) is 9.20. The summed E-state index contributed by atoms with van der Waals surface area (Å²) in [5, 5.41) is 3.59. The van der Waals surface area contributed by atoms with Gasteiger partial charge in [0.2, 0.25) is 0 Å². The molecule has 0 radical (unpaired) electrons. The average Bonchev–Trinajstić information content (AvgIpc) is 2.80. The summed E-state index contributed by atoms with van der Waals surface area (Å²) in [5.41, 5.74) is 0.996. The van der Waals surface area contributed by atoms with Crippen molar-refractivity contribution in [3.63, 3.8) is 0 Å². The van der Waals surface area contributed by atoms with Crippen LogP contribution in [0.2, 0.25) is 0 Å². The lowest BCUT2D eigenvalue weighted by atomic mass is 10.0. The summed E-state index contributed by atoms with van der Waals surface area (Å²) >= 11 is 0. The number of nitrogens with zero attached hydrogens (tertiary/aromatic N) is 1. The van der Waals surface area contributed by atoms with Crippen molar-refractivity contribution in [3.05, 3.63) is 29.6 Å². The lowest BCUT2D eigenvalue weighted by Gasteiger charge is -2.30. The van der Waals surface area contributed by atoms with Crippen molar-refractivity contribution < 1.29 is 9.13 Å². The zero-order valence-corrected chi connectivity index (χ0v) is 11.4. The molecule has 1 saturated heterocycles. The maximum Gasteiger partial charge on any atom is 0.123 e. The Morgan fingerprint density at radius 3 is 2.95 bits per heavy atom. The zero-order valence-electron chi connectivity index (χ0n) is 11.4. The molecule has 1 N–H and O–H groups in total. The molecular weight excluding hydrogens is 243 g/mol. The number of fused-ring (bicyclic) bond motifs is 1. The Balaban J connectivity index is 1.48. The van der Waals surface area contributed by atoms with E-state index in [9.17, 15) is 4.39 Å². The Bertz CT molecular complexity index is 444. The minimum atomic E-state index is -0.175. The largest absolute Gasteiger partial charge is 0.488 e. The van der Waals surface area contributed by atoms with Crippen LogP contribution >= 0.6 is 0 Å². The van der Waals surface area contributed by atoms with Gasteiger partial charge in [0.15, 0.2) is 0 Å². The summed E-state index contributed by atoms with van der Waals surface area (Å²) in [6.45, 7) is 3.17. The van der Waals surface area contributed by atoms with Crippen LogP contribution in [0.5, 0.6) is 5.75 Å². The number of hydrogen-bond donors (Lipinski definition) is 1. The van der Waals surface area contributed by atoms with Crippen molar-refractivity contribution in [1.29, 1.82) is 0 Å². The second-order valence-electron chi connectivity index (χ2n) is 5.68. The number of benzene rings is 1. The summed E-state index contributed by atoms with van der Waals surface area (Å²) in [6.07, 6.45) is 3.36. The first-order valence-electron chi connectivity index (χ1n) is 7.08. The number of likely N-dealkylation sites (tertiary alicyclic amines) is 1. The van der Waals surface area contributed by atoms with E-state index in [0.717, 1.165) is 37.4 Å². The molecule has 0 spiro atoms. The van der Waals surface area contributed by atoms with Crippen LogP contribution in [-0.4, -0.2) is 43.7 Å². The van der Waals surface area contributed by atoms with Crippen molar-refractivity contribution in [2.75, 3.05) is 26.7 Å². The maximum atomic E-state index is 13.1. The van der Waals surface area contributed by atoms with Gasteiger partial charge in [-0.1, -0.05) is 0 Å². The minimum Gasteiger partial charge on any atom is -0.488 e. The van der Waals surface area contributed by atoms with Crippen LogP contribution < -0.4 is 10.1 Å². The summed E-state index contributed by atoms with van der Waals surface area (Å²) < 4.78 is 19.0. The molecule has 4 heteroatoms. The Kier molecular flexibility index (Phi) is 3.71. The topological polar surface area (TPSA) is 24.5 Å². The predicted octanol–water partition coefficient (Wildman–Crippen LogP) is 1.81. The SMILES string of the molecule is CN1CCC(NCC2Cc3cc(F)ccc3O2)CC1. The molecule has 1 unspecified atom stereocenters. The molecule has 0 aromatic heterocycles. The second-order valence-corrected chi connectivity index (χ2v) is 5.68. The van der Waals surface area contributed by atoms with Crippen molar-refractivity contribution in [3.8, 4) is 5.75 Å². The van der Waals surface area contributed by atoms with Gasteiger partial charge in [-0.25, -0.2) is 4.39 Å². The summed E-state index contributed by atoms with van der Waals surface area (Å²) in [4.78, 5) is 2.36. The number of ether oxygens (including phenoxy) is 1. The van der Waals surface area contributed by atoms with Crippen LogP contribution in [0.4, 0.5) is 4.39 Å². The average molecular weight is 264 g/mol. The Labute approximate surface area is 113 Å². The molecule has 1 atom stereocenters. The van der Waals surface area contributed by atoms with Gasteiger partial charge in [0, 0.05) is 24.6 Å². The first kappa shape index (κ1) is 12.9. The maximum absolute atomic E-state index is 13.1. The number of nitrogens with one attached hydrogen (secondary N) is 1. The quantitative estimate of drug-likeness (QED) is 0.901. The molecule has 0 saturated carbocycles. The predicted molar refractivity (Wildman–Crippen MR) is 73.0 cm³/mol. The lowest BCUT2D eigenvalue weighted by Crippen LogP contribution is -2.44. The number of hydrogen-bond acceptors (Lipinski definition) is 3. The molecule has 3 nitrogen and oxygen atoms in total. The van der Waals surface area contributed by atoms with Crippen LogP contribution in [0.1, 0.15) is 18.4 Å². The van der Waals surface area contributed by atoms with E-state index in [4.69, 9.17) is 4.74 Å². The van der Waals surface area contributed by atoms with Gasteiger partial charge in [0.05, 0.1) is 0 Å². The highest BCUT2D eigenvalue weighted by Gasteiger charge is 2.24. The van der Waals surface area contributed by atoms with Gasteiger partial charge in [-0.15, -0.1) is 0 Å². The molecule has 104 valence electrons. The lowest BCUT2D eigenvalue weighted by molar-refractivity contribution is 0.194. The highest BCUT2D eigenvalue weighted by atomic mass is 19.1. The van der Waals surface area contributed by atoms with E-state index in [1.54, 1.807) is 12.1 Å². The van der Waals surface area contributed by atoms with Crippen molar-refractivity contribution >= 4 is 0 Å². The Morgan fingerprint density at radius 2 is 2.16 bits per heavy atom. The molecule has 2 heterocycles. The monoisotopic (exact) mass is 264 g/mol. The molecule has 1 fully saturated rings. The molecule has 0 aliphatic carbocycles. The number of piperidine rings is 1. The van der Waals surface area contributed by atoms with E-state index in [1.165, 1.54) is 18.9 Å². The van der Waals surface area contributed by atoms with E-state index in [2.05, 4.69) is 17.3 Å². The van der Waals surface area contributed by atoms with Gasteiger partial charge in [-0.3, -0.25) is 0 Å². The van der Waals surface area contributed by atoms with Gasteiger partial charge in [-0.2, -0.15) is 0 Å². The van der Waals surface area contributed by atoms with Crippen LogP contribution in [-0.2, 0) is 6.42 Å². The van der Waals surface area contributed by atoms with E-state index >= 15 is 0 Å². The van der Waals surface area contributed by atoms with E-state index in [0.29, 0.717) is 6.04 Å². The fourth-order valence-electron chi connectivity index (χ4n) is 2.91. The molecule has 3 rings (SSSR count). The fraction of sp³-hybridized carbons (Fsp3) is 0.600. The summed E-state index contributed by atoms with van der Waals surface area (Å²) in [6, 6.07) is 5.39. The van der Waals surface area contributed by atoms with Crippen molar-refractivity contribution in [1.82, 2.24) is 10.2 Å². The normalized spacial score (nSPS) is 24.2. The Hall–Kier alpha value is -1.13. The molecule has 1 aromatic carbocycles. The van der Waals surface area contributed by atoms with Gasteiger partial charge in [0.1, 0.15) is 17.7 Å². The van der Waals surface area contributed by atoms with Gasteiger partial charge >= 0.3 is 0 Å². The van der Waals surface area contributed by atoms with Crippen molar-refractivity contribution in [2.24, 2.45) is 0 Å². The highest BCUT2D eigenvalue weighted by molar-refractivity contribution is 5.37. The zero-order chi connectivity index (χ0) is 13.2. The van der Waals surface area contributed by atoms with E-state index < -0.39 is 0 Å². The second kappa shape index (κ2) is 5.47. The Morgan fingerprint density at radius 1 is 1.37 bits per heavy atom. The van der Waals surface area contributed by atoms with Crippen LogP contribution in [0.25, 0.3) is 0 Å². The van der Waals surface area contributed by atoms with Crippen molar-refractivity contribution in [2.45, 2.75) is 31.4 Å². The molecule has 0 bridgehead atoms. The van der Waals surface area contributed by atoms with Gasteiger partial charge in [-0.05, 0) is 51.2 Å². The van der Waals surface area contributed by atoms with Crippen LogP contribution in [0.3, 0.4) is 0 Å². The number of halogens is 1. The van der Waals surface area contributed by atoms with E-state index in [-0.39, 0.29) is 11.9 Å². The van der Waals surface area contributed by atoms with Gasteiger partial charge in [0.25, 0.3) is 0 Å². The van der Waals surface area contributed by atoms with Crippen LogP contribution in [0, 0.1) is 5.82 Å². The van der Waals surface area contributed by atoms with Crippen LogP contribution in [0.15, 0.2) is 18.2 Å². The fourth-order valence-corrected chi connectivity index (χ4v) is 2.91. The summed E-state index contributed by atoms with van der Waals surface area (Å²) in [5.74, 6) is 0.669. The smallest absolute Gasteiger partial charge is 0.123 e. The third-order valence-corrected chi connectivity index (χ3v) is 4.12. The number of rotatable bonds is 3. The first-order valence-corrected chi connectivity index (χ1v) is 7.08. The summed E-state index contributed by atoms with van der Waals surface area (Å²) in [7, 11) is 2.17. The van der Waals surface area contributed by atoms with Gasteiger partial charge < -0.3 is 15.0 Å². The third-order valence-electron chi connectivity index (χ3n) is 4.12. The minimum absolute atomic E-state index is 0.149. The highest BCUT2D eigenvalue weighted by Crippen LogP contribution is 2.29. The molecule has 2 aliphatic heterocycles.